The summed E-state index contributed by atoms with van der Waals surface area (Å²) in [4.78, 5) is 1.31. The quantitative estimate of drug-likeness (QED) is 0.479. The van der Waals surface area contributed by atoms with Crippen LogP contribution in [0.4, 0.5) is 4.39 Å². The Hall–Kier alpha value is -0.110. The van der Waals surface area contributed by atoms with E-state index in [1.54, 1.807) is 0 Å². The highest BCUT2D eigenvalue weighted by Gasteiger charge is 2.15. The maximum Gasteiger partial charge on any atom is 0.0926 e. The van der Waals surface area contributed by atoms with Crippen molar-refractivity contribution in [1.29, 1.82) is 0 Å². The predicted octanol–water partition coefficient (Wildman–Crippen LogP) is 0.0424. The van der Waals surface area contributed by atoms with Crippen molar-refractivity contribution in [3.05, 3.63) is 7.05 Å². The number of rotatable bonds is 1. The third-order valence-electron chi connectivity index (χ3n) is 2.03. The molecule has 0 radical (unpaired) electrons. The van der Waals surface area contributed by atoms with Crippen molar-refractivity contribution < 1.29 is 9.29 Å². The largest absolute Gasteiger partial charge is 0.468 e. The van der Waals surface area contributed by atoms with Crippen LogP contribution in [-0.4, -0.2) is 19.8 Å². The van der Waals surface area contributed by atoms with Gasteiger partial charge in [-0.3, -0.25) is 4.39 Å². The molecule has 0 aromatic heterocycles. The molecule has 0 spiro atoms. The number of hydrogen-bond donors (Lipinski definition) is 1. The summed E-state index contributed by atoms with van der Waals surface area (Å²) in [6, 6.07) is 0. The van der Waals surface area contributed by atoms with Crippen molar-refractivity contribution >= 4 is 0 Å². The molecule has 9 heavy (non-hydrogen) atoms. The van der Waals surface area contributed by atoms with Gasteiger partial charge in [0.25, 0.3) is 0 Å². The zero-order valence-corrected chi connectivity index (χ0v) is 5.70. The van der Waals surface area contributed by atoms with E-state index in [2.05, 4.69) is 7.05 Å². The molecule has 0 bridgehead atoms. The first-order chi connectivity index (χ1) is 4.33. The molecule has 1 aliphatic rings. The number of nitrogens with one attached hydrogen (secondary N) is 1. The number of halogens is 1. The van der Waals surface area contributed by atoms with E-state index in [0.29, 0.717) is 5.92 Å². The molecule has 0 atom stereocenters. The third-order valence-corrected chi connectivity index (χ3v) is 2.03. The molecule has 0 saturated carbocycles. The first kappa shape index (κ1) is 7.00. The Balaban J connectivity index is 2.18. The van der Waals surface area contributed by atoms with Crippen LogP contribution in [0.15, 0.2) is 0 Å². The van der Waals surface area contributed by atoms with Gasteiger partial charge >= 0.3 is 0 Å². The lowest BCUT2D eigenvalue weighted by Crippen LogP contribution is -3.08. The van der Waals surface area contributed by atoms with E-state index >= 15 is 0 Å². The average molecular weight is 131 g/mol. The Kier molecular flexibility index (Phi) is 2.46. The summed E-state index contributed by atoms with van der Waals surface area (Å²) in [5.74, 6) is 0.343. The van der Waals surface area contributed by atoms with E-state index in [4.69, 9.17) is 0 Å². The highest BCUT2D eigenvalue weighted by molar-refractivity contribution is 4.59. The zero-order chi connectivity index (χ0) is 6.69. The fourth-order valence-electron chi connectivity index (χ4n) is 1.24. The van der Waals surface area contributed by atoms with Crippen LogP contribution in [0.25, 0.3) is 0 Å². The second kappa shape index (κ2) is 3.16. The molecular formula is C7H14FN. The van der Waals surface area contributed by atoms with Crippen LogP contribution in [0.1, 0.15) is 12.8 Å². The third kappa shape index (κ3) is 1.94. The molecule has 0 aromatic rings. The van der Waals surface area contributed by atoms with Gasteiger partial charge in [0.05, 0.1) is 19.8 Å². The minimum atomic E-state index is -0.132. The standard InChI is InChI=1S/C7H14FN/c1-9-4-2-7(6-8)3-5-9/h7,9H,1-6H2. The molecule has 0 unspecified atom stereocenters. The molecular weight excluding hydrogens is 117 g/mol. The Bertz CT molecular complexity index is 77.0. The van der Waals surface area contributed by atoms with Crippen LogP contribution < -0.4 is 4.90 Å². The van der Waals surface area contributed by atoms with Crippen LogP contribution >= 0.6 is 0 Å². The van der Waals surface area contributed by atoms with Gasteiger partial charge in [-0.2, -0.15) is 7.05 Å². The highest BCUT2D eigenvalue weighted by Crippen LogP contribution is 2.08. The van der Waals surface area contributed by atoms with Crippen LogP contribution in [0.3, 0.4) is 0 Å². The summed E-state index contributed by atoms with van der Waals surface area (Å²) in [7, 11) is 3.86. The predicted molar refractivity (Wildman–Crippen MR) is 34.8 cm³/mol. The number of alkyl halides is 1. The van der Waals surface area contributed by atoms with Gasteiger partial charge in [-0.1, -0.05) is 0 Å². The maximum absolute atomic E-state index is 12.0. The molecule has 54 valence electrons. The molecule has 1 heterocycles. The average Bonchev–Trinajstić information content (AvgIpc) is 1.90. The molecule has 1 aliphatic heterocycles. The fourth-order valence-corrected chi connectivity index (χ4v) is 1.24. The van der Waals surface area contributed by atoms with Gasteiger partial charge in [0, 0.05) is 0 Å². The van der Waals surface area contributed by atoms with Gasteiger partial charge in [0.1, 0.15) is 0 Å². The fraction of sp³-hybridized carbons (Fsp3) is 0.857. The van der Waals surface area contributed by atoms with Crippen LogP contribution in [0.2, 0.25) is 0 Å². The Morgan fingerprint density at radius 2 is 2.00 bits per heavy atom. The summed E-state index contributed by atoms with van der Waals surface area (Å²) in [6.07, 6.45) is 2.05. The molecule has 2 heteroatoms. The summed E-state index contributed by atoms with van der Waals surface area (Å²) in [5.41, 5.74) is 0. The second-order valence-corrected chi connectivity index (χ2v) is 2.85. The molecule has 1 saturated heterocycles. The van der Waals surface area contributed by atoms with Crippen molar-refractivity contribution in [3.63, 3.8) is 0 Å². The molecule has 1 rings (SSSR count). The van der Waals surface area contributed by atoms with Crippen molar-refractivity contribution in [2.45, 2.75) is 12.8 Å². The highest BCUT2D eigenvalue weighted by atomic mass is 19.1. The smallest absolute Gasteiger partial charge is 0.0926 e. The first-order valence-corrected chi connectivity index (χ1v) is 3.55. The molecule has 0 aromatic carbocycles. The normalized spacial score (nSPS) is 36.7. The molecule has 1 N–H and O–H groups in total. The monoisotopic (exact) mass is 131 g/mol. The molecule has 1 nitrogen and oxygen atoms in total. The van der Waals surface area contributed by atoms with Crippen LogP contribution in [0.5, 0.6) is 0 Å². The first-order valence-electron chi connectivity index (χ1n) is 3.55. The molecule has 0 aliphatic carbocycles. The second-order valence-electron chi connectivity index (χ2n) is 2.85. The SMILES string of the molecule is [CH2-][NH+]1CCC(CF)CC1. The van der Waals surface area contributed by atoms with E-state index in [1.165, 1.54) is 4.90 Å². The van der Waals surface area contributed by atoms with Gasteiger partial charge in [-0.05, 0) is 18.8 Å². The van der Waals surface area contributed by atoms with Gasteiger partial charge in [-0.25, -0.2) is 0 Å². The van der Waals surface area contributed by atoms with E-state index in [1.807, 2.05) is 0 Å². The van der Waals surface area contributed by atoms with Crippen molar-refractivity contribution in [2.75, 3.05) is 19.8 Å². The summed E-state index contributed by atoms with van der Waals surface area (Å²) < 4.78 is 12.0. The Labute approximate surface area is 55.8 Å². The molecule has 1 fully saturated rings. The van der Waals surface area contributed by atoms with Crippen molar-refractivity contribution in [2.24, 2.45) is 5.92 Å². The number of likely N-dealkylation sites (tertiary alicyclic amines) is 1. The van der Waals surface area contributed by atoms with Gasteiger partial charge in [0.15, 0.2) is 0 Å². The summed E-state index contributed by atoms with van der Waals surface area (Å²) in [5, 5.41) is 0. The van der Waals surface area contributed by atoms with Crippen molar-refractivity contribution in [3.8, 4) is 0 Å². The van der Waals surface area contributed by atoms with E-state index in [9.17, 15) is 4.39 Å². The minimum Gasteiger partial charge on any atom is -0.468 e. The van der Waals surface area contributed by atoms with E-state index in [-0.39, 0.29) is 6.67 Å². The zero-order valence-electron chi connectivity index (χ0n) is 5.70. The lowest BCUT2D eigenvalue weighted by molar-refractivity contribution is -0.860. The lowest BCUT2D eigenvalue weighted by atomic mass is 9.99. The summed E-state index contributed by atoms with van der Waals surface area (Å²) in [6.45, 7) is 1.97. The number of hydrogen-bond acceptors (Lipinski definition) is 0. The van der Waals surface area contributed by atoms with Crippen LogP contribution in [0, 0.1) is 13.0 Å². The van der Waals surface area contributed by atoms with E-state index in [0.717, 1.165) is 25.9 Å². The number of piperidine rings is 1. The summed E-state index contributed by atoms with van der Waals surface area (Å²) >= 11 is 0. The van der Waals surface area contributed by atoms with E-state index < -0.39 is 0 Å². The van der Waals surface area contributed by atoms with Crippen LogP contribution in [-0.2, 0) is 0 Å². The number of quaternary nitrogens is 1. The lowest BCUT2D eigenvalue weighted by Gasteiger charge is -2.29. The molecule has 0 amide bonds. The van der Waals surface area contributed by atoms with Gasteiger partial charge < -0.3 is 4.90 Å². The Morgan fingerprint density at radius 1 is 1.44 bits per heavy atom. The Morgan fingerprint density at radius 3 is 2.44 bits per heavy atom. The van der Waals surface area contributed by atoms with Crippen molar-refractivity contribution in [1.82, 2.24) is 0 Å². The maximum atomic E-state index is 12.0. The van der Waals surface area contributed by atoms with Gasteiger partial charge in [-0.15, -0.1) is 0 Å². The minimum absolute atomic E-state index is 0.132. The topological polar surface area (TPSA) is 4.44 Å². The van der Waals surface area contributed by atoms with Gasteiger partial charge in [0.2, 0.25) is 0 Å².